The summed E-state index contributed by atoms with van der Waals surface area (Å²) in [6.45, 7) is 1.92. The Morgan fingerprint density at radius 3 is 3.00 bits per heavy atom. The van der Waals surface area contributed by atoms with E-state index in [4.69, 9.17) is 5.73 Å². The summed E-state index contributed by atoms with van der Waals surface area (Å²) in [7, 11) is 0. The summed E-state index contributed by atoms with van der Waals surface area (Å²) in [5.41, 5.74) is 8.34. The van der Waals surface area contributed by atoms with Gasteiger partial charge < -0.3 is 16.4 Å². The van der Waals surface area contributed by atoms with Crippen molar-refractivity contribution >= 4 is 11.7 Å². The fourth-order valence-corrected chi connectivity index (χ4v) is 2.90. The lowest BCUT2D eigenvalue weighted by Gasteiger charge is -2.20. The zero-order valence-electron chi connectivity index (χ0n) is 11.0. The highest BCUT2D eigenvalue weighted by Crippen LogP contribution is 2.25. The van der Waals surface area contributed by atoms with Gasteiger partial charge >= 0.3 is 0 Å². The van der Waals surface area contributed by atoms with Crippen molar-refractivity contribution in [3.8, 4) is 0 Å². The van der Waals surface area contributed by atoms with Gasteiger partial charge in [0.15, 0.2) is 0 Å². The van der Waals surface area contributed by atoms with Crippen LogP contribution in [-0.2, 0) is 12.8 Å². The minimum Gasteiger partial charge on any atom is -0.365 e. The molecule has 3 rings (SSSR count). The van der Waals surface area contributed by atoms with Crippen LogP contribution in [0.1, 0.15) is 40.9 Å². The van der Waals surface area contributed by atoms with Gasteiger partial charge in [-0.3, -0.25) is 4.79 Å². The number of anilines is 1. The van der Waals surface area contributed by atoms with Gasteiger partial charge in [-0.25, -0.2) is 4.98 Å². The first-order chi connectivity index (χ1) is 9.24. The summed E-state index contributed by atoms with van der Waals surface area (Å²) in [5.74, 6) is 0.274. The molecule has 0 saturated carbocycles. The molecule has 0 bridgehead atoms. The molecule has 5 nitrogen and oxygen atoms in total. The van der Waals surface area contributed by atoms with Crippen LogP contribution in [0, 0.1) is 0 Å². The van der Waals surface area contributed by atoms with Crippen molar-refractivity contribution in [3.05, 3.63) is 22.9 Å². The third-order valence-corrected chi connectivity index (χ3v) is 3.97. The van der Waals surface area contributed by atoms with Gasteiger partial charge in [-0.05, 0) is 50.3 Å². The number of pyridine rings is 1. The third kappa shape index (κ3) is 2.56. The van der Waals surface area contributed by atoms with Crippen molar-refractivity contribution < 1.29 is 4.79 Å². The molecule has 1 atom stereocenters. The lowest BCUT2D eigenvalue weighted by atomic mass is 9.94. The van der Waals surface area contributed by atoms with Crippen LogP contribution in [0.4, 0.5) is 5.82 Å². The first-order valence-corrected chi connectivity index (χ1v) is 7.04. The second kappa shape index (κ2) is 5.17. The number of hydrogen-bond acceptors (Lipinski definition) is 4. The molecule has 2 heterocycles. The number of aromatic nitrogens is 1. The summed E-state index contributed by atoms with van der Waals surface area (Å²) in [6.07, 6.45) is 5.42. The summed E-state index contributed by atoms with van der Waals surface area (Å²) >= 11 is 0. The number of fused-ring (bicyclic) bond motifs is 1. The standard InChI is InChI=1S/C14H20N4O/c15-13(19)11-7-9-3-1-2-4-12(9)18-14(11)17-10-5-6-16-8-10/h7,10,16H,1-6,8H2,(H2,15,19)(H,17,18). The zero-order valence-corrected chi connectivity index (χ0v) is 11.0. The maximum Gasteiger partial charge on any atom is 0.252 e. The molecule has 1 aliphatic heterocycles. The molecule has 1 saturated heterocycles. The molecule has 1 aliphatic carbocycles. The van der Waals surface area contributed by atoms with Gasteiger partial charge in [-0.2, -0.15) is 0 Å². The van der Waals surface area contributed by atoms with Crippen LogP contribution >= 0.6 is 0 Å². The Morgan fingerprint density at radius 1 is 1.42 bits per heavy atom. The van der Waals surface area contributed by atoms with Gasteiger partial charge in [0.2, 0.25) is 0 Å². The molecule has 4 N–H and O–H groups in total. The molecule has 1 unspecified atom stereocenters. The quantitative estimate of drug-likeness (QED) is 0.752. The van der Waals surface area contributed by atoms with E-state index in [0.29, 0.717) is 17.4 Å². The molecule has 1 aromatic rings. The Hall–Kier alpha value is -1.62. The average Bonchev–Trinajstić information content (AvgIpc) is 2.90. The van der Waals surface area contributed by atoms with E-state index in [-0.39, 0.29) is 0 Å². The van der Waals surface area contributed by atoms with Gasteiger partial charge in [-0.1, -0.05) is 0 Å². The molecule has 0 spiro atoms. The van der Waals surface area contributed by atoms with Gasteiger partial charge in [0.1, 0.15) is 5.82 Å². The molecule has 102 valence electrons. The Morgan fingerprint density at radius 2 is 2.26 bits per heavy atom. The number of nitrogens with two attached hydrogens (primary N) is 1. The van der Waals surface area contributed by atoms with Crippen LogP contribution in [0.15, 0.2) is 6.07 Å². The van der Waals surface area contributed by atoms with Gasteiger partial charge in [0, 0.05) is 18.3 Å². The Balaban J connectivity index is 1.93. The lowest BCUT2D eigenvalue weighted by molar-refractivity contribution is 0.100. The summed E-state index contributed by atoms with van der Waals surface area (Å²) < 4.78 is 0. The first-order valence-electron chi connectivity index (χ1n) is 7.04. The number of carbonyl (C=O) groups excluding carboxylic acids is 1. The molecule has 0 radical (unpaired) electrons. The SMILES string of the molecule is NC(=O)c1cc2c(nc1NC1CCNC1)CCCC2. The Bertz CT molecular complexity index is 494. The van der Waals surface area contributed by atoms with Gasteiger partial charge in [0.25, 0.3) is 5.91 Å². The molecule has 1 fully saturated rings. The average molecular weight is 260 g/mol. The van der Waals surface area contributed by atoms with Crippen molar-refractivity contribution in [2.24, 2.45) is 5.73 Å². The van der Waals surface area contributed by atoms with Crippen molar-refractivity contribution in [1.29, 1.82) is 0 Å². The van der Waals surface area contributed by atoms with Crippen molar-refractivity contribution in [1.82, 2.24) is 10.3 Å². The molecule has 19 heavy (non-hydrogen) atoms. The highest BCUT2D eigenvalue weighted by molar-refractivity contribution is 5.97. The van der Waals surface area contributed by atoms with E-state index in [1.54, 1.807) is 0 Å². The maximum atomic E-state index is 11.6. The topological polar surface area (TPSA) is 80.0 Å². The second-order valence-corrected chi connectivity index (χ2v) is 5.40. The number of carbonyl (C=O) groups is 1. The molecule has 2 aliphatic rings. The van der Waals surface area contributed by atoms with Crippen LogP contribution in [-0.4, -0.2) is 30.0 Å². The second-order valence-electron chi connectivity index (χ2n) is 5.40. The largest absolute Gasteiger partial charge is 0.365 e. The normalized spacial score (nSPS) is 22.0. The number of amides is 1. The summed E-state index contributed by atoms with van der Waals surface area (Å²) in [5, 5.41) is 6.66. The Kier molecular flexibility index (Phi) is 3.38. The number of hydrogen-bond donors (Lipinski definition) is 3. The van der Waals surface area contributed by atoms with Crippen molar-refractivity contribution in [2.75, 3.05) is 18.4 Å². The van der Waals surface area contributed by atoms with Crippen LogP contribution in [0.5, 0.6) is 0 Å². The van der Waals surface area contributed by atoms with E-state index in [1.807, 2.05) is 6.07 Å². The summed E-state index contributed by atoms with van der Waals surface area (Å²) in [6, 6.07) is 2.28. The lowest BCUT2D eigenvalue weighted by Crippen LogP contribution is -2.26. The van der Waals surface area contributed by atoms with E-state index in [9.17, 15) is 4.79 Å². The number of nitrogens with zero attached hydrogens (tertiary/aromatic N) is 1. The molecular formula is C14H20N4O. The predicted molar refractivity (Wildman–Crippen MR) is 74.3 cm³/mol. The molecule has 0 aromatic carbocycles. The molecular weight excluding hydrogens is 240 g/mol. The van der Waals surface area contributed by atoms with E-state index in [1.165, 1.54) is 18.4 Å². The number of rotatable bonds is 3. The fourth-order valence-electron chi connectivity index (χ4n) is 2.90. The predicted octanol–water partition coefficient (Wildman–Crippen LogP) is 0.833. The maximum absolute atomic E-state index is 11.6. The molecule has 1 amide bonds. The van der Waals surface area contributed by atoms with Crippen molar-refractivity contribution in [3.63, 3.8) is 0 Å². The number of aryl methyl sites for hydroxylation is 2. The highest BCUT2D eigenvalue weighted by Gasteiger charge is 2.21. The van der Waals surface area contributed by atoms with Gasteiger partial charge in [-0.15, -0.1) is 0 Å². The third-order valence-electron chi connectivity index (χ3n) is 3.97. The minimum absolute atomic E-state index is 0.340. The molecule has 1 aromatic heterocycles. The van der Waals surface area contributed by atoms with E-state index in [0.717, 1.165) is 38.0 Å². The zero-order chi connectivity index (χ0) is 13.2. The minimum atomic E-state index is -0.394. The molecule has 5 heteroatoms. The fraction of sp³-hybridized carbons (Fsp3) is 0.571. The Labute approximate surface area is 113 Å². The van der Waals surface area contributed by atoms with E-state index in [2.05, 4.69) is 15.6 Å². The van der Waals surface area contributed by atoms with Crippen LogP contribution in [0.3, 0.4) is 0 Å². The highest BCUT2D eigenvalue weighted by atomic mass is 16.1. The van der Waals surface area contributed by atoms with E-state index < -0.39 is 5.91 Å². The summed E-state index contributed by atoms with van der Waals surface area (Å²) in [4.78, 5) is 16.3. The monoisotopic (exact) mass is 260 g/mol. The van der Waals surface area contributed by atoms with Gasteiger partial charge in [0.05, 0.1) is 5.56 Å². The van der Waals surface area contributed by atoms with Crippen molar-refractivity contribution in [2.45, 2.75) is 38.1 Å². The van der Waals surface area contributed by atoms with E-state index >= 15 is 0 Å². The van der Waals surface area contributed by atoms with Crippen LogP contribution in [0.2, 0.25) is 0 Å². The van der Waals surface area contributed by atoms with Crippen LogP contribution in [0.25, 0.3) is 0 Å². The smallest absolute Gasteiger partial charge is 0.252 e. The number of primary amides is 1. The van der Waals surface area contributed by atoms with Crippen LogP contribution < -0.4 is 16.4 Å². The first kappa shape index (κ1) is 12.4. The number of nitrogens with one attached hydrogen (secondary N) is 2.